The van der Waals surface area contributed by atoms with Crippen molar-refractivity contribution in [2.75, 3.05) is 6.54 Å². The van der Waals surface area contributed by atoms with E-state index in [2.05, 4.69) is 15.3 Å². The van der Waals surface area contributed by atoms with Gasteiger partial charge in [0.25, 0.3) is 0 Å². The molecule has 0 aromatic carbocycles. The average Bonchev–Trinajstić information content (AvgIpc) is 3.05. The summed E-state index contributed by atoms with van der Waals surface area (Å²) in [5.74, 6) is 0.702. The van der Waals surface area contributed by atoms with Crippen LogP contribution in [0.1, 0.15) is 38.1 Å². The SMILES string of the molecule is CCC(NC(=O)C1CCC(CN)O1)c1ncc[nH]1. The highest BCUT2D eigenvalue weighted by molar-refractivity contribution is 5.81. The van der Waals surface area contributed by atoms with Crippen molar-refractivity contribution in [3.8, 4) is 0 Å². The smallest absolute Gasteiger partial charge is 0.249 e. The summed E-state index contributed by atoms with van der Waals surface area (Å²) in [6, 6.07) is -0.0898. The molecule has 1 aromatic heterocycles. The molecule has 3 atom stereocenters. The van der Waals surface area contributed by atoms with E-state index in [1.54, 1.807) is 12.4 Å². The Morgan fingerprint density at radius 3 is 3.11 bits per heavy atom. The monoisotopic (exact) mass is 252 g/mol. The first-order valence-electron chi connectivity index (χ1n) is 6.39. The number of imidazole rings is 1. The van der Waals surface area contributed by atoms with Gasteiger partial charge in [0.2, 0.25) is 5.91 Å². The van der Waals surface area contributed by atoms with Crippen LogP contribution in [-0.4, -0.2) is 34.6 Å². The van der Waals surface area contributed by atoms with Gasteiger partial charge in [0, 0.05) is 18.9 Å². The molecule has 1 saturated heterocycles. The van der Waals surface area contributed by atoms with Crippen molar-refractivity contribution in [1.82, 2.24) is 15.3 Å². The fourth-order valence-electron chi connectivity index (χ4n) is 2.17. The molecule has 1 amide bonds. The summed E-state index contributed by atoms with van der Waals surface area (Å²) >= 11 is 0. The lowest BCUT2D eigenvalue weighted by Crippen LogP contribution is -2.38. The molecule has 1 aliphatic heterocycles. The Morgan fingerprint density at radius 2 is 2.56 bits per heavy atom. The lowest BCUT2D eigenvalue weighted by atomic mass is 10.1. The summed E-state index contributed by atoms with van der Waals surface area (Å²) in [4.78, 5) is 19.2. The van der Waals surface area contributed by atoms with E-state index in [1.165, 1.54) is 0 Å². The van der Waals surface area contributed by atoms with Crippen LogP contribution in [0.15, 0.2) is 12.4 Å². The Hall–Kier alpha value is -1.40. The third-order valence-electron chi connectivity index (χ3n) is 3.24. The fraction of sp³-hybridized carbons (Fsp3) is 0.667. The predicted molar refractivity (Wildman–Crippen MR) is 66.7 cm³/mol. The molecule has 6 heteroatoms. The van der Waals surface area contributed by atoms with Crippen molar-refractivity contribution in [1.29, 1.82) is 0 Å². The Balaban J connectivity index is 1.90. The highest BCUT2D eigenvalue weighted by Gasteiger charge is 2.31. The zero-order chi connectivity index (χ0) is 13.0. The van der Waals surface area contributed by atoms with Gasteiger partial charge >= 0.3 is 0 Å². The first-order valence-corrected chi connectivity index (χ1v) is 6.39. The number of ether oxygens (including phenoxy) is 1. The number of hydrogen-bond donors (Lipinski definition) is 3. The zero-order valence-corrected chi connectivity index (χ0v) is 10.6. The molecule has 0 saturated carbocycles. The molecule has 1 aromatic rings. The van der Waals surface area contributed by atoms with Crippen LogP contribution in [0.25, 0.3) is 0 Å². The van der Waals surface area contributed by atoms with E-state index in [4.69, 9.17) is 10.5 Å². The molecule has 2 rings (SSSR count). The fourth-order valence-corrected chi connectivity index (χ4v) is 2.17. The molecular formula is C12H20N4O2. The van der Waals surface area contributed by atoms with Crippen LogP contribution in [-0.2, 0) is 9.53 Å². The quantitative estimate of drug-likeness (QED) is 0.710. The maximum absolute atomic E-state index is 12.1. The number of rotatable bonds is 5. The number of carbonyl (C=O) groups excluding carboxylic acids is 1. The Morgan fingerprint density at radius 1 is 1.72 bits per heavy atom. The average molecular weight is 252 g/mol. The molecule has 3 unspecified atom stereocenters. The van der Waals surface area contributed by atoms with E-state index in [9.17, 15) is 4.79 Å². The van der Waals surface area contributed by atoms with E-state index in [0.29, 0.717) is 6.54 Å². The van der Waals surface area contributed by atoms with Crippen molar-refractivity contribution in [3.05, 3.63) is 18.2 Å². The molecular weight excluding hydrogens is 232 g/mol. The third-order valence-corrected chi connectivity index (χ3v) is 3.24. The first-order chi connectivity index (χ1) is 8.74. The lowest BCUT2D eigenvalue weighted by molar-refractivity contribution is -0.132. The molecule has 4 N–H and O–H groups in total. The van der Waals surface area contributed by atoms with Gasteiger partial charge in [-0.2, -0.15) is 0 Å². The summed E-state index contributed by atoms with van der Waals surface area (Å²) in [6.45, 7) is 2.48. The Kier molecular flexibility index (Phi) is 4.33. The summed E-state index contributed by atoms with van der Waals surface area (Å²) in [5, 5.41) is 2.96. The second-order valence-corrected chi connectivity index (χ2v) is 4.50. The summed E-state index contributed by atoms with van der Waals surface area (Å²) in [5.41, 5.74) is 5.53. The molecule has 0 radical (unpaired) electrons. The number of nitrogens with one attached hydrogen (secondary N) is 2. The number of H-pyrrole nitrogens is 1. The van der Waals surface area contributed by atoms with Gasteiger partial charge in [0.1, 0.15) is 11.9 Å². The number of hydrogen-bond acceptors (Lipinski definition) is 4. The number of amides is 1. The van der Waals surface area contributed by atoms with Gasteiger partial charge in [-0.25, -0.2) is 4.98 Å². The van der Waals surface area contributed by atoms with Crippen molar-refractivity contribution in [2.45, 2.75) is 44.4 Å². The summed E-state index contributed by atoms with van der Waals surface area (Å²) in [6.07, 6.45) is 5.45. The van der Waals surface area contributed by atoms with Crippen molar-refractivity contribution in [2.24, 2.45) is 5.73 Å². The highest BCUT2D eigenvalue weighted by atomic mass is 16.5. The van der Waals surface area contributed by atoms with Crippen LogP contribution in [0.2, 0.25) is 0 Å². The van der Waals surface area contributed by atoms with Crippen LogP contribution in [0.5, 0.6) is 0 Å². The van der Waals surface area contributed by atoms with Crippen molar-refractivity contribution in [3.63, 3.8) is 0 Å². The Labute approximate surface area is 106 Å². The minimum Gasteiger partial charge on any atom is -0.364 e. The van der Waals surface area contributed by atoms with Crippen LogP contribution in [0.3, 0.4) is 0 Å². The van der Waals surface area contributed by atoms with E-state index in [-0.39, 0.29) is 24.2 Å². The first kappa shape index (κ1) is 13.0. The molecule has 6 nitrogen and oxygen atoms in total. The van der Waals surface area contributed by atoms with E-state index >= 15 is 0 Å². The zero-order valence-electron chi connectivity index (χ0n) is 10.6. The topological polar surface area (TPSA) is 93.0 Å². The molecule has 100 valence electrons. The molecule has 1 fully saturated rings. The summed E-state index contributed by atoms with van der Waals surface area (Å²) < 4.78 is 5.57. The normalized spacial score (nSPS) is 25.0. The summed E-state index contributed by atoms with van der Waals surface area (Å²) in [7, 11) is 0. The van der Waals surface area contributed by atoms with Gasteiger partial charge in [-0.05, 0) is 19.3 Å². The molecule has 18 heavy (non-hydrogen) atoms. The highest BCUT2D eigenvalue weighted by Crippen LogP contribution is 2.20. The van der Waals surface area contributed by atoms with E-state index in [1.807, 2.05) is 6.92 Å². The van der Waals surface area contributed by atoms with E-state index < -0.39 is 0 Å². The predicted octanol–water partition coefficient (Wildman–Crippen LogP) is 0.483. The van der Waals surface area contributed by atoms with Gasteiger partial charge in [-0.3, -0.25) is 4.79 Å². The van der Waals surface area contributed by atoms with Crippen LogP contribution >= 0.6 is 0 Å². The number of aromatic amines is 1. The van der Waals surface area contributed by atoms with E-state index in [0.717, 1.165) is 25.1 Å². The molecule has 0 aliphatic carbocycles. The molecule has 0 bridgehead atoms. The van der Waals surface area contributed by atoms with Gasteiger partial charge < -0.3 is 20.8 Å². The standard InChI is InChI=1S/C12H20N4O2/c1-2-9(11-14-5-6-15-11)16-12(17)10-4-3-8(7-13)18-10/h5-6,8-10H,2-4,7,13H2,1H3,(H,14,15)(H,16,17). The van der Waals surface area contributed by atoms with Gasteiger partial charge in [-0.1, -0.05) is 6.92 Å². The Bertz CT molecular complexity index is 379. The van der Waals surface area contributed by atoms with Crippen LogP contribution in [0, 0.1) is 0 Å². The molecule has 0 spiro atoms. The number of nitrogens with two attached hydrogens (primary N) is 1. The third kappa shape index (κ3) is 2.88. The van der Waals surface area contributed by atoms with Crippen molar-refractivity contribution >= 4 is 5.91 Å². The van der Waals surface area contributed by atoms with Crippen LogP contribution in [0.4, 0.5) is 0 Å². The lowest BCUT2D eigenvalue weighted by Gasteiger charge is -2.18. The largest absolute Gasteiger partial charge is 0.364 e. The maximum atomic E-state index is 12.1. The number of carbonyl (C=O) groups is 1. The number of aromatic nitrogens is 2. The second-order valence-electron chi connectivity index (χ2n) is 4.50. The van der Waals surface area contributed by atoms with Gasteiger partial charge in [0.15, 0.2) is 0 Å². The molecule has 2 heterocycles. The molecule has 1 aliphatic rings. The van der Waals surface area contributed by atoms with Gasteiger partial charge in [-0.15, -0.1) is 0 Å². The maximum Gasteiger partial charge on any atom is 0.249 e. The van der Waals surface area contributed by atoms with Gasteiger partial charge in [0.05, 0.1) is 12.1 Å². The minimum absolute atomic E-state index is 0.0180. The van der Waals surface area contributed by atoms with Crippen molar-refractivity contribution < 1.29 is 9.53 Å². The van der Waals surface area contributed by atoms with Crippen LogP contribution < -0.4 is 11.1 Å². The minimum atomic E-state index is -0.373. The second kappa shape index (κ2) is 5.97. The number of nitrogens with zero attached hydrogens (tertiary/aromatic N) is 1.